The van der Waals surface area contributed by atoms with E-state index in [1.54, 1.807) is 6.07 Å². The summed E-state index contributed by atoms with van der Waals surface area (Å²) in [5, 5.41) is 3.48. The lowest BCUT2D eigenvalue weighted by molar-refractivity contribution is 0.0947. The van der Waals surface area contributed by atoms with Gasteiger partial charge in [0, 0.05) is 12.2 Å². The van der Waals surface area contributed by atoms with Crippen LogP contribution in [0.4, 0.5) is 0 Å². The minimum absolute atomic E-state index is 0.116. The van der Waals surface area contributed by atoms with Gasteiger partial charge in [-0.05, 0) is 25.7 Å². The zero-order valence-electron chi connectivity index (χ0n) is 9.91. The molecule has 0 aromatic carbocycles. The van der Waals surface area contributed by atoms with Gasteiger partial charge in [0.25, 0.3) is 5.91 Å². The van der Waals surface area contributed by atoms with Gasteiger partial charge in [-0.2, -0.15) is 0 Å². The van der Waals surface area contributed by atoms with E-state index in [0.29, 0.717) is 17.4 Å². The summed E-state index contributed by atoms with van der Waals surface area (Å²) in [5.74, 6) is -0.116. The van der Waals surface area contributed by atoms with Crippen LogP contribution in [0.3, 0.4) is 0 Å². The van der Waals surface area contributed by atoms with E-state index >= 15 is 0 Å². The summed E-state index contributed by atoms with van der Waals surface area (Å²) in [5.41, 5.74) is 1.27. The van der Waals surface area contributed by atoms with Crippen LogP contribution < -0.4 is 5.32 Å². The van der Waals surface area contributed by atoms with Crippen molar-refractivity contribution in [3.05, 3.63) is 17.5 Å². The summed E-state index contributed by atoms with van der Waals surface area (Å²) in [6.45, 7) is 4.66. The third-order valence-electron chi connectivity index (χ3n) is 2.06. The molecule has 1 aromatic rings. The number of aromatic nitrogens is 2. The van der Waals surface area contributed by atoms with Crippen molar-refractivity contribution in [1.29, 1.82) is 0 Å². The Balaban J connectivity index is 2.71. The molecule has 1 aromatic heterocycles. The van der Waals surface area contributed by atoms with E-state index in [-0.39, 0.29) is 5.91 Å². The second-order valence-corrected chi connectivity index (χ2v) is 4.26. The predicted molar refractivity (Wildman–Crippen MR) is 65.8 cm³/mol. The number of unbranched alkanes of at least 4 members (excludes halogenated alkanes) is 1. The summed E-state index contributed by atoms with van der Waals surface area (Å²) < 4.78 is 0. The molecule has 0 radical (unpaired) electrons. The average Bonchev–Trinajstić information content (AvgIpc) is 2.28. The van der Waals surface area contributed by atoms with Gasteiger partial charge in [0.05, 0.1) is 0 Å². The number of hydrogen-bond acceptors (Lipinski definition) is 4. The Morgan fingerprint density at radius 2 is 2.25 bits per heavy atom. The van der Waals surface area contributed by atoms with Gasteiger partial charge < -0.3 is 5.32 Å². The summed E-state index contributed by atoms with van der Waals surface area (Å²) in [6, 6.07) is 1.71. The van der Waals surface area contributed by atoms with E-state index in [9.17, 15) is 4.79 Å². The Morgan fingerprint density at radius 1 is 1.50 bits per heavy atom. The smallest absolute Gasteiger partial charge is 0.270 e. The molecule has 5 heteroatoms. The van der Waals surface area contributed by atoms with E-state index in [0.717, 1.165) is 18.5 Å². The van der Waals surface area contributed by atoms with Crippen molar-refractivity contribution in [2.45, 2.75) is 31.8 Å². The molecule has 0 fully saturated rings. The molecular formula is C11H17N3OS. The molecule has 4 nitrogen and oxygen atoms in total. The molecular weight excluding hydrogens is 222 g/mol. The monoisotopic (exact) mass is 239 g/mol. The first-order valence-electron chi connectivity index (χ1n) is 5.35. The fourth-order valence-corrected chi connectivity index (χ4v) is 1.64. The Kier molecular flexibility index (Phi) is 5.25. The van der Waals surface area contributed by atoms with Crippen molar-refractivity contribution in [3.63, 3.8) is 0 Å². The highest BCUT2D eigenvalue weighted by molar-refractivity contribution is 7.98. The van der Waals surface area contributed by atoms with E-state index < -0.39 is 0 Å². The molecule has 1 rings (SSSR count). The number of carbonyl (C=O) groups excluding carboxylic acids is 1. The van der Waals surface area contributed by atoms with Crippen LogP contribution >= 0.6 is 11.8 Å². The van der Waals surface area contributed by atoms with Gasteiger partial charge in [-0.1, -0.05) is 25.1 Å². The molecule has 0 aliphatic rings. The Morgan fingerprint density at radius 3 is 2.88 bits per heavy atom. The number of nitrogens with zero attached hydrogens (tertiary/aromatic N) is 2. The topological polar surface area (TPSA) is 54.9 Å². The van der Waals surface area contributed by atoms with E-state index in [2.05, 4.69) is 22.2 Å². The molecule has 0 atom stereocenters. The Hall–Kier alpha value is -1.10. The van der Waals surface area contributed by atoms with Crippen LogP contribution in [0.1, 0.15) is 35.9 Å². The van der Waals surface area contributed by atoms with Crippen molar-refractivity contribution in [1.82, 2.24) is 15.3 Å². The summed E-state index contributed by atoms with van der Waals surface area (Å²) in [7, 11) is 0. The number of thioether (sulfide) groups is 1. The molecule has 0 unspecified atom stereocenters. The number of nitrogens with one attached hydrogen (secondary N) is 1. The summed E-state index contributed by atoms with van der Waals surface area (Å²) in [6.07, 6.45) is 3.96. The third-order valence-corrected chi connectivity index (χ3v) is 2.61. The molecule has 1 amide bonds. The normalized spacial score (nSPS) is 10.2. The molecule has 0 aliphatic heterocycles. The second kappa shape index (κ2) is 6.48. The number of hydrogen-bond donors (Lipinski definition) is 1. The van der Waals surface area contributed by atoms with Gasteiger partial charge in [-0.25, -0.2) is 9.97 Å². The first kappa shape index (κ1) is 13.0. The van der Waals surface area contributed by atoms with Crippen LogP contribution in [0.15, 0.2) is 11.2 Å². The third kappa shape index (κ3) is 3.81. The molecule has 1 heterocycles. The second-order valence-electron chi connectivity index (χ2n) is 3.49. The van der Waals surface area contributed by atoms with Gasteiger partial charge >= 0.3 is 0 Å². The van der Waals surface area contributed by atoms with Crippen LogP contribution in [-0.4, -0.2) is 28.7 Å². The molecule has 0 aliphatic carbocycles. The van der Waals surface area contributed by atoms with Gasteiger partial charge in [-0.15, -0.1) is 0 Å². The van der Waals surface area contributed by atoms with Gasteiger partial charge in [0.1, 0.15) is 5.69 Å². The summed E-state index contributed by atoms with van der Waals surface area (Å²) in [4.78, 5) is 20.1. The first-order valence-corrected chi connectivity index (χ1v) is 6.57. The number of carbonyl (C=O) groups is 1. The van der Waals surface area contributed by atoms with Gasteiger partial charge in [-0.3, -0.25) is 4.79 Å². The van der Waals surface area contributed by atoms with Crippen LogP contribution in [0.25, 0.3) is 0 Å². The standard InChI is InChI=1S/C11H17N3OS/c1-4-5-6-12-10(15)9-7-8(2)13-11(14-9)16-3/h7H,4-6H2,1-3H3,(H,12,15). The zero-order valence-corrected chi connectivity index (χ0v) is 10.7. The van der Waals surface area contributed by atoms with Gasteiger partial charge in [0.2, 0.25) is 0 Å². The summed E-state index contributed by atoms with van der Waals surface area (Å²) >= 11 is 1.44. The fourth-order valence-electron chi connectivity index (χ4n) is 1.22. The lowest BCUT2D eigenvalue weighted by atomic mass is 10.3. The van der Waals surface area contributed by atoms with Crippen LogP contribution in [0.5, 0.6) is 0 Å². The molecule has 0 spiro atoms. The van der Waals surface area contributed by atoms with Crippen molar-refractivity contribution >= 4 is 17.7 Å². The maximum absolute atomic E-state index is 11.7. The first-order chi connectivity index (χ1) is 7.67. The minimum atomic E-state index is -0.116. The molecule has 88 valence electrons. The van der Waals surface area contributed by atoms with E-state index in [1.165, 1.54) is 11.8 Å². The minimum Gasteiger partial charge on any atom is -0.351 e. The quantitative estimate of drug-likeness (QED) is 0.485. The number of amides is 1. The van der Waals surface area contributed by atoms with Crippen LogP contribution in [0.2, 0.25) is 0 Å². The lowest BCUT2D eigenvalue weighted by Gasteiger charge is -2.05. The van der Waals surface area contributed by atoms with Crippen molar-refractivity contribution in [2.75, 3.05) is 12.8 Å². The molecule has 0 saturated carbocycles. The maximum atomic E-state index is 11.7. The molecule has 0 saturated heterocycles. The van der Waals surface area contributed by atoms with Crippen molar-refractivity contribution in [3.8, 4) is 0 Å². The lowest BCUT2D eigenvalue weighted by Crippen LogP contribution is -2.25. The van der Waals surface area contributed by atoms with Gasteiger partial charge in [0.15, 0.2) is 5.16 Å². The SMILES string of the molecule is CCCCNC(=O)c1cc(C)nc(SC)n1. The molecule has 16 heavy (non-hydrogen) atoms. The van der Waals surface area contributed by atoms with Crippen LogP contribution in [0, 0.1) is 6.92 Å². The van der Waals surface area contributed by atoms with Crippen LogP contribution in [-0.2, 0) is 0 Å². The fraction of sp³-hybridized carbons (Fsp3) is 0.545. The molecule has 1 N–H and O–H groups in total. The predicted octanol–water partition coefficient (Wildman–Crippen LogP) is 2.04. The highest BCUT2D eigenvalue weighted by Gasteiger charge is 2.09. The molecule has 0 bridgehead atoms. The van der Waals surface area contributed by atoms with E-state index in [4.69, 9.17) is 0 Å². The Labute approximate surface area is 100 Å². The zero-order chi connectivity index (χ0) is 12.0. The number of aryl methyl sites for hydroxylation is 1. The highest BCUT2D eigenvalue weighted by Crippen LogP contribution is 2.10. The van der Waals surface area contributed by atoms with Crippen molar-refractivity contribution in [2.24, 2.45) is 0 Å². The number of rotatable bonds is 5. The maximum Gasteiger partial charge on any atom is 0.270 e. The van der Waals surface area contributed by atoms with E-state index in [1.807, 2.05) is 13.2 Å². The Bertz CT molecular complexity index is 368. The van der Waals surface area contributed by atoms with Crippen molar-refractivity contribution < 1.29 is 4.79 Å². The average molecular weight is 239 g/mol. The highest BCUT2D eigenvalue weighted by atomic mass is 32.2. The largest absolute Gasteiger partial charge is 0.351 e.